The number of nitrogens with one attached hydrogen (secondary N) is 1. The van der Waals surface area contributed by atoms with E-state index < -0.39 is 6.10 Å². The molecular formula is C22H32ClN3O4S. The number of hydrogen-bond donors (Lipinski definition) is 2. The van der Waals surface area contributed by atoms with Crippen LogP contribution < -0.4 is 14.8 Å². The lowest BCUT2D eigenvalue weighted by atomic mass is 9.97. The normalized spacial score (nSPS) is 18.6. The number of aliphatic hydroxyl groups is 1. The fourth-order valence-corrected chi connectivity index (χ4v) is 4.53. The standard InChI is InChI=1S/C22H31N3O4S.ClH/c1-3-28-19-11-16-5-6-24-22(18(16)12-20(19)29-4-2)21(13-23)30-15-17(26)14-25-7-9-27-10-8-25;/h11-12,17,24,26H,3-10,14-15H2,1-2H3;1H. The number of nitrogens with zero attached hydrogens (tertiary/aromatic N) is 2. The first-order valence-electron chi connectivity index (χ1n) is 10.6. The molecule has 0 bridgehead atoms. The van der Waals surface area contributed by atoms with Crippen molar-refractivity contribution in [1.29, 1.82) is 5.26 Å². The van der Waals surface area contributed by atoms with Crippen LogP contribution in [0.2, 0.25) is 0 Å². The zero-order chi connectivity index (χ0) is 21.3. The lowest BCUT2D eigenvalue weighted by Gasteiger charge is -2.28. The van der Waals surface area contributed by atoms with Gasteiger partial charge in [-0.05, 0) is 38.0 Å². The molecule has 0 aromatic heterocycles. The number of nitriles is 1. The van der Waals surface area contributed by atoms with Crippen LogP contribution in [0.4, 0.5) is 0 Å². The lowest BCUT2D eigenvalue weighted by molar-refractivity contribution is 0.0188. The zero-order valence-electron chi connectivity index (χ0n) is 18.2. The van der Waals surface area contributed by atoms with Gasteiger partial charge in [0.05, 0.1) is 38.2 Å². The summed E-state index contributed by atoms with van der Waals surface area (Å²) in [5.41, 5.74) is 2.92. The average molecular weight is 470 g/mol. The van der Waals surface area contributed by atoms with Crippen LogP contribution >= 0.6 is 24.2 Å². The van der Waals surface area contributed by atoms with Crippen LogP contribution in [-0.2, 0) is 11.2 Å². The summed E-state index contributed by atoms with van der Waals surface area (Å²) < 4.78 is 16.9. The van der Waals surface area contributed by atoms with E-state index in [4.69, 9.17) is 14.2 Å². The molecule has 9 heteroatoms. The first kappa shape index (κ1) is 25.6. The number of aliphatic hydroxyl groups excluding tert-OH is 1. The molecule has 1 saturated heterocycles. The Morgan fingerprint density at radius 1 is 1.26 bits per heavy atom. The summed E-state index contributed by atoms with van der Waals surface area (Å²) in [5.74, 6) is 1.90. The quantitative estimate of drug-likeness (QED) is 0.534. The number of hydrogen-bond acceptors (Lipinski definition) is 8. The highest BCUT2D eigenvalue weighted by atomic mass is 35.5. The maximum atomic E-state index is 10.5. The fourth-order valence-electron chi connectivity index (χ4n) is 3.67. The summed E-state index contributed by atoms with van der Waals surface area (Å²) in [6, 6.07) is 6.32. The molecule has 1 fully saturated rings. The van der Waals surface area contributed by atoms with E-state index in [0.717, 1.165) is 48.6 Å². The minimum Gasteiger partial charge on any atom is -0.490 e. The lowest BCUT2D eigenvalue weighted by Crippen LogP contribution is -2.41. The van der Waals surface area contributed by atoms with E-state index in [1.54, 1.807) is 0 Å². The van der Waals surface area contributed by atoms with E-state index in [1.165, 1.54) is 11.8 Å². The molecule has 0 radical (unpaired) electrons. The summed E-state index contributed by atoms with van der Waals surface area (Å²) in [5, 5.41) is 23.7. The third-order valence-electron chi connectivity index (χ3n) is 5.06. The van der Waals surface area contributed by atoms with Gasteiger partial charge in [-0.15, -0.1) is 24.2 Å². The summed E-state index contributed by atoms with van der Waals surface area (Å²) >= 11 is 1.40. The molecule has 1 aromatic carbocycles. The van der Waals surface area contributed by atoms with E-state index in [-0.39, 0.29) is 12.4 Å². The van der Waals surface area contributed by atoms with Crippen molar-refractivity contribution in [2.24, 2.45) is 0 Å². The highest BCUT2D eigenvalue weighted by molar-refractivity contribution is 8.03. The minimum absolute atomic E-state index is 0. The molecule has 0 spiro atoms. The van der Waals surface area contributed by atoms with Crippen molar-refractivity contribution in [1.82, 2.24) is 10.2 Å². The SMILES string of the molecule is CCOc1cc2c(cc1OCC)C(=C(C#N)SCC(O)CN1CCOCC1)NCC2.Cl. The molecular weight excluding hydrogens is 438 g/mol. The molecule has 2 N–H and O–H groups in total. The van der Waals surface area contributed by atoms with E-state index in [1.807, 2.05) is 26.0 Å². The number of morpholine rings is 1. The smallest absolute Gasteiger partial charge is 0.161 e. The molecule has 1 unspecified atom stereocenters. The van der Waals surface area contributed by atoms with Gasteiger partial charge in [0.1, 0.15) is 11.0 Å². The minimum atomic E-state index is -0.501. The van der Waals surface area contributed by atoms with Crippen molar-refractivity contribution >= 4 is 29.9 Å². The Labute approximate surface area is 195 Å². The molecule has 31 heavy (non-hydrogen) atoms. The monoisotopic (exact) mass is 469 g/mol. The van der Waals surface area contributed by atoms with Crippen LogP contribution in [0, 0.1) is 11.3 Å². The van der Waals surface area contributed by atoms with Gasteiger partial charge in [-0.25, -0.2) is 0 Å². The molecule has 172 valence electrons. The van der Waals surface area contributed by atoms with Gasteiger partial charge in [0, 0.05) is 37.5 Å². The first-order chi connectivity index (χ1) is 14.7. The van der Waals surface area contributed by atoms with Crippen molar-refractivity contribution in [2.45, 2.75) is 26.4 Å². The Hall–Kier alpha value is -1.63. The second-order valence-corrected chi connectivity index (χ2v) is 8.22. The molecule has 2 aliphatic rings. The summed E-state index contributed by atoms with van der Waals surface area (Å²) in [6.45, 7) is 9.45. The van der Waals surface area contributed by atoms with Gasteiger partial charge in [-0.3, -0.25) is 4.90 Å². The van der Waals surface area contributed by atoms with Gasteiger partial charge < -0.3 is 24.6 Å². The summed E-state index contributed by atoms with van der Waals surface area (Å²) in [6.07, 6.45) is 0.355. The first-order valence-corrected chi connectivity index (χ1v) is 11.6. The molecule has 7 nitrogen and oxygen atoms in total. The van der Waals surface area contributed by atoms with Gasteiger partial charge in [-0.2, -0.15) is 5.26 Å². The zero-order valence-corrected chi connectivity index (χ0v) is 19.8. The highest BCUT2D eigenvalue weighted by Crippen LogP contribution is 2.37. The van der Waals surface area contributed by atoms with Crippen LogP contribution in [0.25, 0.3) is 5.70 Å². The number of allylic oxidation sites excluding steroid dienone is 1. The topological polar surface area (TPSA) is 87.0 Å². The summed E-state index contributed by atoms with van der Waals surface area (Å²) in [4.78, 5) is 2.79. The third kappa shape index (κ3) is 6.93. The molecule has 0 saturated carbocycles. The van der Waals surface area contributed by atoms with E-state index in [0.29, 0.717) is 49.4 Å². The predicted octanol–water partition coefficient (Wildman–Crippen LogP) is 2.67. The predicted molar refractivity (Wildman–Crippen MR) is 126 cm³/mol. The number of ether oxygens (including phenoxy) is 3. The second kappa shape index (κ2) is 13.0. The van der Waals surface area contributed by atoms with Crippen molar-refractivity contribution in [3.05, 3.63) is 28.2 Å². The Bertz CT molecular complexity index is 794. The molecule has 2 heterocycles. The molecule has 2 aliphatic heterocycles. The fraction of sp³-hybridized carbons (Fsp3) is 0.591. The number of halogens is 1. The molecule has 1 atom stereocenters. The van der Waals surface area contributed by atoms with Gasteiger partial charge in [0.15, 0.2) is 11.5 Å². The maximum Gasteiger partial charge on any atom is 0.161 e. The molecule has 0 amide bonds. The van der Waals surface area contributed by atoms with Gasteiger partial charge in [0.2, 0.25) is 0 Å². The average Bonchev–Trinajstić information content (AvgIpc) is 2.76. The number of fused-ring (bicyclic) bond motifs is 1. The Morgan fingerprint density at radius 3 is 2.58 bits per heavy atom. The van der Waals surface area contributed by atoms with Crippen molar-refractivity contribution in [3.8, 4) is 17.6 Å². The number of thioether (sulfide) groups is 1. The number of β-amino-alcohol motifs (C(OH)–C–C–N with tert-alkyl or cyclic N) is 1. The Morgan fingerprint density at radius 2 is 1.94 bits per heavy atom. The Kier molecular flexibility index (Phi) is 10.8. The number of rotatable bonds is 9. The van der Waals surface area contributed by atoms with Gasteiger partial charge in [-0.1, -0.05) is 0 Å². The Balaban J connectivity index is 0.00000341. The molecule has 1 aromatic rings. The largest absolute Gasteiger partial charge is 0.490 e. The summed E-state index contributed by atoms with van der Waals surface area (Å²) in [7, 11) is 0. The molecule has 3 rings (SSSR count). The highest BCUT2D eigenvalue weighted by Gasteiger charge is 2.23. The van der Waals surface area contributed by atoms with Gasteiger partial charge in [0.25, 0.3) is 0 Å². The molecule has 0 aliphatic carbocycles. The van der Waals surface area contributed by atoms with E-state index in [2.05, 4.69) is 16.3 Å². The van der Waals surface area contributed by atoms with Crippen molar-refractivity contribution in [3.63, 3.8) is 0 Å². The van der Waals surface area contributed by atoms with Crippen LogP contribution in [0.5, 0.6) is 11.5 Å². The van der Waals surface area contributed by atoms with Crippen LogP contribution in [0.15, 0.2) is 17.0 Å². The number of benzene rings is 1. The van der Waals surface area contributed by atoms with E-state index >= 15 is 0 Å². The van der Waals surface area contributed by atoms with Crippen LogP contribution in [0.3, 0.4) is 0 Å². The van der Waals surface area contributed by atoms with Gasteiger partial charge >= 0.3 is 0 Å². The van der Waals surface area contributed by atoms with Crippen molar-refractivity contribution in [2.75, 3.05) is 58.4 Å². The van der Waals surface area contributed by atoms with E-state index in [9.17, 15) is 10.4 Å². The van der Waals surface area contributed by atoms with Crippen LogP contribution in [-0.4, -0.2) is 74.5 Å². The third-order valence-corrected chi connectivity index (χ3v) is 6.19. The second-order valence-electron chi connectivity index (χ2n) is 7.19. The van der Waals surface area contributed by atoms with Crippen molar-refractivity contribution < 1.29 is 19.3 Å². The maximum absolute atomic E-state index is 10.5. The van der Waals surface area contributed by atoms with Crippen LogP contribution in [0.1, 0.15) is 25.0 Å².